The Morgan fingerprint density at radius 1 is 1.03 bits per heavy atom. The van der Waals surface area contributed by atoms with Crippen LogP contribution in [0.25, 0.3) is 0 Å². The summed E-state index contributed by atoms with van der Waals surface area (Å²) in [5.41, 5.74) is 0.202. The van der Waals surface area contributed by atoms with Crippen LogP contribution in [0.1, 0.15) is 79.2 Å². The highest BCUT2D eigenvalue weighted by molar-refractivity contribution is 6.02. The van der Waals surface area contributed by atoms with Crippen molar-refractivity contribution in [2.45, 2.75) is 96.4 Å². The first-order valence-corrected chi connectivity index (χ1v) is 12.5. The third-order valence-electron chi connectivity index (χ3n) is 6.52. The molecule has 0 aliphatic carbocycles. The average Bonchev–Trinajstić information content (AvgIpc) is 3.15. The topological polar surface area (TPSA) is 79.9 Å². The number of carbonyl (C=O) groups is 2. The minimum Gasteiger partial charge on any atom is -0.459 e. The molecule has 0 amide bonds. The number of rotatable bonds is 6. The summed E-state index contributed by atoms with van der Waals surface area (Å²) in [5.74, 6) is -2.33. The molecule has 2 aliphatic rings. The lowest BCUT2D eigenvalue weighted by Gasteiger charge is -2.43. The predicted octanol–water partition coefficient (Wildman–Crippen LogP) is 4.08. The number of carbonyl (C=O) groups excluding carboxylic acids is 2. The molecule has 7 nitrogen and oxygen atoms in total. The number of hydrogen-bond donors (Lipinski definition) is 2. The van der Waals surface area contributed by atoms with Gasteiger partial charge in [0, 0.05) is 42.5 Å². The Morgan fingerprint density at radius 3 is 2.09 bits per heavy atom. The van der Waals surface area contributed by atoms with Crippen LogP contribution in [0.2, 0.25) is 0 Å². The van der Waals surface area contributed by atoms with Crippen molar-refractivity contribution < 1.29 is 19.1 Å². The highest BCUT2D eigenvalue weighted by atomic mass is 16.6. The van der Waals surface area contributed by atoms with Crippen molar-refractivity contribution in [1.29, 1.82) is 0 Å². The molecule has 2 fully saturated rings. The molecule has 1 aromatic carbocycles. The van der Waals surface area contributed by atoms with Crippen molar-refractivity contribution in [3.63, 3.8) is 0 Å². The van der Waals surface area contributed by atoms with Gasteiger partial charge in [0.15, 0.2) is 5.92 Å². The summed E-state index contributed by atoms with van der Waals surface area (Å²) < 4.78 is 11.3. The molecule has 2 saturated heterocycles. The standard InChI is InChI=1S/C27H43N3O4/c1-25(2,3)33-23(31)22(24(32)34-26(4,5)6)20-10-8-9-11-21(20)29-19-12-16-30(17-13-19)27(7)14-15-28-18-27/h8-11,19,22,28-29H,12-18H2,1-7H3. The molecule has 0 aromatic heterocycles. The third kappa shape index (κ3) is 6.95. The quantitative estimate of drug-likeness (QED) is 0.476. The van der Waals surface area contributed by atoms with Crippen molar-refractivity contribution in [3.05, 3.63) is 29.8 Å². The van der Waals surface area contributed by atoms with E-state index in [1.165, 1.54) is 6.42 Å². The Bertz CT molecular complexity index is 829. The fourth-order valence-electron chi connectivity index (χ4n) is 4.81. The van der Waals surface area contributed by atoms with E-state index in [1.54, 1.807) is 41.5 Å². The number of nitrogens with one attached hydrogen (secondary N) is 2. The Balaban J connectivity index is 1.78. The van der Waals surface area contributed by atoms with Crippen LogP contribution < -0.4 is 10.6 Å². The fraction of sp³-hybridized carbons (Fsp3) is 0.704. The molecular formula is C27H43N3O4. The van der Waals surface area contributed by atoms with Crippen LogP contribution in [0.5, 0.6) is 0 Å². The van der Waals surface area contributed by atoms with Gasteiger partial charge in [-0.15, -0.1) is 0 Å². The number of benzene rings is 1. The van der Waals surface area contributed by atoms with Gasteiger partial charge in [0.25, 0.3) is 0 Å². The van der Waals surface area contributed by atoms with Gasteiger partial charge in [-0.2, -0.15) is 0 Å². The zero-order chi connectivity index (χ0) is 25.1. The largest absolute Gasteiger partial charge is 0.459 e. The van der Waals surface area contributed by atoms with Gasteiger partial charge in [0.05, 0.1) is 0 Å². The third-order valence-corrected chi connectivity index (χ3v) is 6.52. The van der Waals surface area contributed by atoms with E-state index >= 15 is 0 Å². The van der Waals surface area contributed by atoms with Crippen molar-refractivity contribution in [2.75, 3.05) is 31.5 Å². The van der Waals surface area contributed by atoms with E-state index < -0.39 is 29.1 Å². The van der Waals surface area contributed by atoms with E-state index in [4.69, 9.17) is 9.47 Å². The molecule has 2 heterocycles. The lowest BCUT2D eigenvalue weighted by Crippen LogP contribution is -2.53. The minimum absolute atomic E-state index is 0.238. The summed E-state index contributed by atoms with van der Waals surface area (Å²) in [6, 6.07) is 7.80. The average molecular weight is 474 g/mol. The van der Waals surface area contributed by atoms with Gasteiger partial charge in [0.1, 0.15) is 11.2 Å². The molecular weight excluding hydrogens is 430 g/mol. The fourth-order valence-corrected chi connectivity index (χ4v) is 4.81. The number of esters is 2. The van der Waals surface area contributed by atoms with Crippen LogP contribution >= 0.6 is 0 Å². The molecule has 7 heteroatoms. The van der Waals surface area contributed by atoms with Crippen molar-refractivity contribution in [1.82, 2.24) is 10.2 Å². The highest BCUT2D eigenvalue weighted by Gasteiger charge is 2.39. The molecule has 190 valence electrons. The van der Waals surface area contributed by atoms with Crippen LogP contribution in [0, 0.1) is 0 Å². The molecule has 2 aliphatic heterocycles. The number of anilines is 1. The van der Waals surface area contributed by atoms with Crippen LogP contribution in [0.15, 0.2) is 24.3 Å². The van der Waals surface area contributed by atoms with Crippen LogP contribution in [-0.2, 0) is 19.1 Å². The summed E-state index contributed by atoms with van der Waals surface area (Å²) in [6.07, 6.45) is 3.20. The minimum atomic E-state index is -1.15. The lowest BCUT2D eigenvalue weighted by molar-refractivity contribution is -0.169. The molecule has 0 saturated carbocycles. The molecule has 0 spiro atoms. The predicted molar refractivity (Wildman–Crippen MR) is 135 cm³/mol. The maximum absolute atomic E-state index is 13.2. The molecule has 2 N–H and O–H groups in total. The van der Waals surface area contributed by atoms with Gasteiger partial charge in [0.2, 0.25) is 0 Å². The smallest absolute Gasteiger partial charge is 0.325 e. The number of ether oxygens (including phenoxy) is 2. The number of nitrogens with zero attached hydrogens (tertiary/aromatic N) is 1. The van der Waals surface area contributed by atoms with Crippen LogP contribution in [0.4, 0.5) is 5.69 Å². The van der Waals surface area contributed by atoms with Crippen LogP contribution in [0.3, 0.4) is 0 Å². The molecule has 0 bridgehead atoms. The molecule has 1 aromatic rings. The van der Waals surface area contributed by atoms with E-state index in [2.05, 4.69) is 22.5 Å². The van der Waals surface area contributed by atoms with Crippen molar-refractivity contribution in [2.24, 2.45) is 0 Å². The van der Waals surface area contributed by atoms with E-state index in [0.717, 1.165) is 44.7 Å². The van der Waals surface area contributed by atoms with Gasteiger partial charge in [-0.3, -0.25) is 14.5 Å². The first-order chi connectivity index (χ1) is 15.8. The van der Waals surface area contributed by atoms with Gasteiger partial charge < -0.3 is 20.1 Å². The van der Waals surface area contributed by atoms with Crippen molar-refractivity contribution in [3.8, 4) is 0 Å². The molecule has 1 atom stereocenters. The zero-order valence-electron chi connectivity index (χ0n) is 22.0. The number of hydrogen-bond acceptors (Lipinski definition) is 7. The van der Waals surface area contributed by atoms with E-state index in [1.807, 2.05) is 24.3 Å². The monoisotopic (exact) mass is 473 g/mol. The molecule has 1 unspecified atom stereocenters. The summed E-state index contributed by atoms with van der Waals surface area (Å²) in [5, 5.41) is 7.12. The van der Waals surface area contributed by atoms with Gasteiger partial charge in [-0.05, 0) is 80.3 Å². The van der Waals surface area contributed by atoms with Crippen LogP contribution in [-0.4, -0.2) is 65.8 Å². The number of piperidine rings is 1. The summed E-state index contributed by atoms with van der Waals surface area (Å²) in [7, 11) is 0. The van der Waals surface area contributed by atoms with E-state index in [0.29, 0.717) is 5.56 Å². The zero-order valence-corrected chi connectivity index (χ0v) is 22.0. The molecule has 34 heavy (non-hydrogen) atoms. The van der Waals surface area contributed by atoms with Gasteiger partial charge in [-0.25, -0.2) is 0 Å². The SMILES string of the molecule is CC(C)(C)OC(=O)C(C(=O)OC(C)(C)C)c1ccccc1NC1CCN(C2(C)CCNC2)CC1. The number of para-hydroxylation sites is 1. The first kappa shape index (κ1) is 26.5. The van der Waals surface area contributed by atoms with E-state index in [-0.39, 0.29) is 11.6 Å². The number of likely N-dealkylation sites (tertiary alicyclic amines) is 1. The Labute approximate surface area is 204 Å². The van der Waals surface area contributed by atoms with Crippen molar-refractivity contribution >= 4 is 17.6 Å². The van der Waals surface area contributed by atoms with Gasteiger partial charge in [-0.1, -0.05) is 18.2 Å². The van der Waals surface area contributed by atoms with E-state index in [9.17, 15) is 9.59 Å². The maximum Gasteiger partial charge on any atom is 0.325 e. The first-order valence-electron chi connectivity index (χ1n) is 12.5. The summed E-state index contributed by atoms with van der Waals surface area (Å²) in [6.45, 7) is 17.3. The Morgan fingerprint density at radius 2 is 1.59 bits per heavy atom. The second kappa shape index (κ2) is 10.2. The summed E-state index contributed by atoms with van der Waals surface area (Å²) >= 11 is 0. The molecule has 3 rings (SSSR count). The lowest BCUT2D eigenvalue weighted by atomic mass is 9.92. The second-order valence-electron chi connectivity index (χ2n) is 11.9. The van der Waals surface area contributed by atoms with Gasteiger partial charge >= 0.3 is 11.9 Å². The Kier molecular flexibility index (Phi) is 7.98. The molecule has 0 radical (unpaired) electrons. The summed E-state index contributed by atoms with van der Waals surface area (Å²) in [4.78, 5) is 29.0. The highest BCUT2D eigenvalue weighted by Crippen LogP contribution is 2.32. The normalized spacial score (nSPS) is 22.6. The maximum atomic E-state index is 13.2. The second-order valence-corrected chi connectivity index (χ2v) is 11.9. The Hall–Kier alpha value is -2.12.